The number of hydrogen-bond donors (Lipinski definition) is 1. The lowest BCUT2D eigenvalue weighted by Gasteiger charge is -2.34. The summed E-state index contributed by atoms with van der Waals surface area (Å²) >= 11 is 0. The molecule has 100 valence electrons. The molecule has 2 aliphatic rings. The van der Waals surface area contributed by atoms with Crippen molar-refractivity contribution in [3.63, 3.8) is 0 Å². The molecule has 2 saturated heterocycles. The summed E-state index contributed by atoms with van der Waals surface area (Å²) in [4.78, 5) is 2.04. The van der Waals surface area contributed by atoms with Gasteiger partial charge in [0.1, 0.15) is 0 Å². The van der Waals surface area contributed by atoms with E-state index >= 15 is 0 Å². The monoisotopic (exact) mass is 262 g/mol. The van der Waals surface area contributed by atoms with Crippen molar-refractivity contribution in [3.05, 3.63) is 0 Å². The van der Waals surface area contributed by atoms with Crippen LogP contribution in [0.1, 0.15) is 26.7 Å². The lowest BCUT2D eigenvalue weighted by molar-refractivity contribution is 0.0897. The van der Waals surface area contributed by atoms with E-state index in [-0.39, 0.29) is 5.25 Å². The van der Waals surface area contributed by atoms with Gasteiger partial charge in [-0.1, -0.05) is 0 Å². The molecule has 2 heterocycles. The molecule has 1 N–H and O–H groups in total. The van der Waals surface area contributed by atoms with Crippen molar-refractivity contribution in [2.45, 2.75) is 43.6 Å². The number of likely N-dealkylation sites (tertiary alicyclic amines) is 1. The van der Waals surface area contributed by atoms with Crippen LogP contribution in [-0.4, -0.2) is 66.3 Å². The van der Waals surface area contributed by atoms with E-state index in [1.807, 2.05) is 11.9 Å². The van der Waals surface area contributed by atoms with Crippen LogP contribution in [0.25, 0.3) is 0 Å². The van der Waals surface area contributed by atoms with E-state index in [4.69, 9.17) is 0 Å². The Morgan fingerprint density at radius 3 is 2.29 bits per heavy atom. The summed E-state index contributed by atoms with van der Waals surface area (Å²) in [7, 11) is -1.34. The second-order valence-corrected chi connectivity index (χ2v) is 7.89. The van der Waals surface area contributed by atoms with Crippen LogP contribution in [0.5, 0.6) is 0 Å². The topological polar surface area (TPSA) is 60.9 Å². The fourth-order valence-electron chi connectivity index (χ4n) is 2.82. The highest BCUT2D eigenvalue weighted by Gasteiger charge is 2.49. The molecular formula is C11H22N2O3S. The first-order chi connectivity index (χ1) is 7.76. The summed E-state index contributed by atoms with van der Waals surface area (Å²) in [5, 5.41) is 9.56. The Morgan fingerprint density at radius 1 is 1.24 bits per heavy atom. The standard InChI is InChI=1S/C11H22N2O3S/c1-11(2)10(14)5-7-13(11)17(15,16)9-4-6-12(3)8-9/h9-10,14H,4-8H2,1-3H3. The summed E-state index contributed by atoms with van der Waals surface area (Å²) in [6, 6.07) is 0. The van der Waals surface area contributed by atoms with Gasteiger partial charge in [0.25, 0.3) is 0 Å². The predicted octanol–water partition coefficient (Wildman–Crippen LogP) is -0.134. The molecule has 2 unspecified atom stereocenters. The minimum absolute atomic E-state index is 0.308. The van der Waals surface area contributed by atoms with E-state index in [2.05, 4.69) is 0 Å². The Hall–Kier alpha value is -0.170. The van der Waals surface area contributed by atoms with E-state index in [1.165, 1.54) is 4.31 Å². The highest BCUT2D eigenvalue weighted by atomic mass is 32.2. The molecule has 6 heteroatoms. The fraction of sp³-hybridized carbons (Fsp3) is 1.00. The summed E-state index contributed by atoms with van der Waals surface area (Å²) in [5.74, 6) is 0. The predicted molar refractivity (Wildman–Crippen MR) is 66.2 cm³/mol. The molecule has 0 saturated carbocycles. The molecule has 2 rings (SSSR count). The minimum Gasteiger partial charge on any atom is -0.391 e. The van der Waals surface area contributed by atoms with Crippen LogP contribution in [-0.2, 0) is 10.0 Å². The number of hydrogen-bond acceptors (Lipinski definition) is 4. The van der Waals surface area contributed by atoms with Crippen LogP contribution in [0.15, 0.2) is 0 Å². The highest BCUT2D eigenvalue weighted by molar-refractivity contribution is 7.89. The zero-order valence-electron chi connectivity index (χ0n) is 10.8. The van der Waals surface area contributed by atoms with Gasteiger partial charge in [-0.25, -0.2) is 8.42 Å². The Balaban J connectivity index is 2.22. The van der Waals surface area contributed by atoms with Crippen LogP contribution in [0, 0.1) is 0 Å². The molecule has 0 aromatic heterocycles. The van der Waals surface area contributed by atoms with Gasteiger partial charge in [-0.15, -0.1) is 0 Å². The maximum absolute atomic E-state index is 12.5. The molecule has 0 radical (unpaired) electrons. The Kier molecular flexibility index (Phi) is 3.27. The van der Waals surface area contributed by atoms with E-state index in [0.717, 1.165) is 6.54 Å². The minimum atomic E-state index is -3.28. The normalized spacial score (nSPS) is 35.5. The molecule has 0 aromatic carbocycles. The first-order valence-electron chi connectivity index (χ1n) is 6.14. The van der Waals surface area contributed by atoms with Crippen molar-refractivity contribution >= 4 is 10.0 Å². The van der Waals surface area contributed by atoms with Gasteiger partial charge in [0.2, 0.25) is 10.0 Å². The molecule has 0 spiro atoms. The first kappa shape index (κ1) is 13.3. The smallest absolute Gasteiger partial charge is 0.218 e. The SMILES string of the molecule is CN1CCC(S(=O)(=O)N2CCC(O)C2(C)C)C1. The van der Waals surface area contributed by atoms with Gasteiger partial charge in [0.15, 0.2) is 0 Å². The van der Waals surface area contributed by atoms with Gasteiger partial charge in [-0.3, -0.25) is 0 Å². The quantitative estimate of drug-likeness (QED) is 0.753. The molecule has 0 aliphatic carbocycles. The summed E-state index contributed by atoms with van der Waals surface area (Å²) in [5.41, 5.74) is -0.667. The van der Waals surface area contributed by atoms with Gasteiger partial charge >= 0.3 is 0 Å². The fourth-order valence-corrected chi connectivity index (χ4v) is 5.16. The maximum atomic E-state index is 12.5. The number of aliphatic hydroxyl groups is 1. The van der Waals surface area contributed by atoms with Gasteiger partial charge < -0.3 is 10.0 Å². The number of rotatable bonds is 2. The van der Waals surface area contributed by atoms with Crippen LogP contribution in [0.3, 0.4) is 0 Å². The van der Waals surface area contributed by atoms with Crippen molar-refractivity contribution in [2.24, 2.45) is 0 Å². The third-order valence-corrected chi connectivity index (χ3v) is 6.64. The first-order valence-corrected chi connectivity index (χ1v) is 7.65. The van der Waals surface area contributed by atoms with Crippen LogP contribution >= 0.6 is 0 Å². The lowest BCUT2D eigenvalue weighted by Crippen LogP contribution is -2.51. The van der Waals surface area contributed by atoms with Crippen molar-refractivity contribution < 1.29 is 13.5 Å². The summed E-state index contributed by atoms with van der Waals surface area (Å²) in [6.45, 7) is 5.49. The molecule has 2 aliphatic heterocycles. The molecule has 17 heavy (non-hydrogen) atoms. The second kappa shape index (κ2) is 4.19. The largest absolute Gasteiger partial charge is 0.391 e. The van der Waals surface area contributed by atoms with Gasteiger partial charge in [-0.05, 0) is 40.3 Å². The van der Waals surface area contributed by atoms with Crippen molar-refractivity contribution in [3.8, 4) is 0 Å². The molecule has 0 amide bonds. The van der Waals surface area contributed by atoms with Gasteiger partial charge in [-0.2, -0.15) is 4.31 Å². The van der Waals surface area contributed by atoms with Gasteiger partial charge in [0, 0.05) is 13.1 Å². The molecule has 0 bridgehead atoms. The van der Waals surface area contributed by atoms with Crippen LogP contribution in [0.4, 0.5) is 0 Å². The van der Waals surface area contributed by atoms with E-state index < -0.39 is 21.7 Å². The Labute approximate surface area is 103 Å². The number of sulfonamides is 1. The molecule has 5 nitrogen and oxygen atoms in total. The third-order valence-electron chi connectivity index (χ3n) is 4.14. The molecule has 0 aromatic rings. The lowest BCUT2D eigenvalue weighted by atomic mass is 10.0. The van der Waals surface area contributed by atoms with E-state index in [1.54, 1.807) is 13.8 Å². The maximum Gasteiger partial charge on any atom is 0.218 e. The van der Waals surface area contributed by atoms with Crippen molar-refractivity contribution in [1.82, 2.24) is 9.21 Å². The summed E-state index contributed by atoms with van der Waals surface area (Å²) < 4.78 is 26.6. The van der Waals surface area contributed by atoms with Crippen molar-refractivity contribution in [1.29, 1.82) is 0 Å². The number of aliphatic hydroxyl groups excluding tert-OH is 1. The molecule has 2 atom stereocenters. The van der Waals surface area contributed by atoms with E-state index in [0.29, 0.717) is 25.9 Å². The van der Waals surface area contributed by atoms with Crippen LogP contribution < -0.4 is 0 Å². The van der Waals surface area contributed by atoms with Crippen molar-refractivity contribution in [2.75, 3.05) is 26.7 Å². The zero-order chi connectivity index (χ0) is 12.8. The third kappa shape index (κ3) is 2.12. The number of nitrogens with zero attached hydrogens (tertiary/aromatic N) is 2. The Morgan fingerprint density at radius 2 is 1.88 bits per heavy atom. The average molecular weight is 262 g/mol. The van der Waals surface area contributed by atoms with Crippen LogP contribution in [0.2, 0.25) is 0 Å². The second-order valence-electron chi connectivity index (χ2n) is 5.75. The summed E-state index contributed by atoms with van der Waals surface area (Å²) in [6.07, 6.45) is 0.674. The Bertz CT molecular complexity index is 394. The molecule has 2 fully saturated rings. The zero-order valence-corrected chi connectivity index (χ0v) is 11.6. The van der Waals surface area contributed by atoms with E-state index in [9.17, 15) is 13.5 Å². The van der Waals surface area contributed by atoms with Gasteiger partial charge in [0.05, 0.1) is 16.9 Å². The average Bonchev–Trinajstić information content (AvgIpc) is 2.73. The highest BCUT2D eigenvalue weighted by Crippen LogP contribution is 2.34. The molecular weight excluding hydrogens is 240 g/mol.